The third-order valence-corrected chi connectivity index (χ3v) is 2.80. The molecule has 1 saturated heterocycles. The molecule has 1 aliphatic rings. The van der Waals surface area contributed by atoms with E-state index >= 15 is 0 Å². The third-order valence-electron chi connectivity index (χ3n) is 2.80. The van der Waals surface area contributed by atoms with Crippen molar-refractivity contribution in [3.63, 3.8) is 0 Å². The zero-order valence-corrected chi connectivity index (χ0v) is 8.52. The molecular weight excluding hydrogens is 194 g/mol. The summed E-state index contributed by atoms with van der Waals surface area (Å²) in [6.07, 6.45) is 6.16. The van der Waals surface area contributed by atoms with E-state index in [-0.39, 0.29) is 18.2 Å². The molecule has 5 nitrogen and oxygen atoms in total. The highest BCUT2D eigenvalue weighted by Gasteiger charge is 2.24. The Hall–Kier alpha value is -1.36. The number of piperidine rings is 1. The van der Waals surface area contributed by atoms with Crippen molar-refractivity contribution in [2.45, 2.75) is 25.3 Å². The van der Waals surface area contributed by atoms with Gasteiger partial charge >= 0.3 is 0 Å². The molecule has 2 N–H and O–H groups in total. The Balaban J connectivity index is 2.28. The number of hydrogen-bond donors (Lipinski definition) is 2. The van der Waals surface area contributed by atoms with Gasteiger partial charge in [-0.1, -0.05) is 0 Å². The third kappa shape index (κ3) is 2.02. The van der Waals surface area contributed by atoms with Crippen LogP contribution in [0, 0.1) is 0 Å². The topological polar surface area (TPSA) is 69.2 Å². The Morgan fingerprint density at radius 2 is 2.47 bits per heavy atom. The number of aromatic nitrogens is 2. The van der Waals surface area contributed by atoms with Crippen LogP contribution in [0.5, 0.6) is 0 Å². The number of nitrogens with zero attached hydrogens (tertiary/aromatic N) is 2. The summed E-state index contributed by atoms with van der Waals surface area (Å²) in [6.45, 7) is 0.876. The molecule has 2 rings (SSSR count). The molecule has 0 radical (unpaired) electrons. The van der Waals surface area contributed by atoms with Crippen molar-refractivity contribution < 1.29 is 5.11 Å². The largest absolute Gasteiger partial charge is 0.394 e. The molecule has 82 valence electrons. The molecule has 1 aromatic heterocycles. The van der Waals surface area contributed by atoms with Crippen LogP contribution in [0.15, 0.2) is 17.2 Å². The van der Waals surface area contributed by atoms with Crippen LogP contribution in [-0.4, -0.2) is 34.3 Å². The van der Waals surface area contributed by atoms with Gasteiger partial charge in [-0.25, -0.2) is 4.98 Å². The van der Waals surface area contributed by atoms with E-state index in [0.29, 0.717) is 5.82 Å². The summed E-state index contributed by atoms with van der Waals surface area (Å²) in [4.78, 5) is 20.1. The Labute approximate surface area is 87.8 Å². The van der Waals surface area contributed by atoms with Crippen LogP contribution in [0.2, 0.25) is 0 Å². The molecule has 2 heterocycles. The smallest absolute Gasteiger partial charge is 0.290 e. The van der Waals surface area contributed by atoms with E-state index in [1.54, 1.807) is 6.20 Å². The molecule has 15 heavy (non-hydrogen) atoms. The second kappa shape index (κ2) is 4.44. The first-order valence-corrected chi connectivity index (χ1v) is 5.24. The van der Waals surface area contributed by atoms with Gasteiger partial charge in [0.05, 0.1) is 12.6 Å². The van der Waals surface area contributed by atoms with E-state index in [1.807, 2.05) is 4.90 Å². The second-order valence-electron chi connectivity index (χ2n) is 3.77. The van der Waals surface area contributed by atoms with Crippen molar-refractivity contribution >= 4 is 5.82 Å². The van der Waals surface area contributed by atoms with Crippen LogP contribution < -0.4 is 10.5 Å². The van der Waals surface area contributed by atoms with Crippen molar-refractivity contribution in [1.82, 2.24) is 9.97 Å². The minimum absolute atomic E-state index is 0.0368. The average molecular weight is 209 g/mol. The maximum Gasteiger partial charge on any atom is 0.290 e. The van der Waals surface area contributed by atoms with Gasteiger partial charge in [-0.15, -0.1) is 0 Å². The van der Waals surface area contributed by atoms with Crippen molar-refractivity contribution in [3.05, 3.63) is 22.7 Å². The zero-order chi connectivity index (χ0) is 10.7. The molecule has 0 spiro atoms. The number of rotatable bonds is 2. The standard InChI is InChI=1S/C10H15N3O2/c14-7-8-3-1-2-6-13(8)9-10(15)12-5-4-11-9/h4-5,8,14H,1-3,6-7H2,(H,12,15). The van der Waals surface area contributed by atoms with E-state index in [0.717, 1.165) is 25.8 Å². The summed E-state index contributed by atoms with van der Waals surface area (Å²) < 4.78 is 0. The van der Waals surface area contributed by atoms with Gasteiger partial charge in [0.2, 0.25) is 0 Å². The summed E-state index contributed by atoms with van der Waals surface area (Å²) in [5.74, 6) is 0.427. The molecule has 1 atom stereocenters. The Morgan fingerprint density at radius 1 is 1.60 bits per heavy atom. The first-order valence-electron chi connectivity index (χ1n) is 5.24. The maximum atomic E-state index is 11.5. The monoisotopic (exact) mass is 209 g/mol. The first-order chi connectivity index (χ1) is 7.33. The van der Waals surface area contributed by atoms with Crippen LogP contribution >= 0.6 is 0 Å². The predicted octanol–water partition coefficient (Wildman–Crippen LogP) is 0.121. The van der Waals surface area contributed by atoms with Crippen molar-refractivity contribution in [2.75, 3.05) is 18.1 Å². The lowest BCUT2D eigenvalue weighted by molar-refractivity contribution is 0.239. The van der Waals surface area contributed by atoms with Crippen LogP contribution in [0.3, 0.4) is 0 Å². The van der Waals surface area contributed by atoms with E-state index in [9.17, 15) is 9.90 Å². The predicted molar refractivity (Wildman–Crippen MR) is 56.9 cm³/mol. The lowest BCUT2D eigenvalue weighted by Crippen LogP contribution is -2.44. The molecule has 0 aliphatic carbocycles. The second-order valence-corrected chi connectivity index (χ2v) is 3.77. The van der Waals surface area contributed by atoms with Crippen molar-refractivity contribution in [1.29, 1.82) is 0 Å². The van der Waals surface area contributed by atoms with E-state index < -0.39 is 0 Å². The minimum atomic E-state index is -0.183. The summed E-state index contributed by atoms with van der Waals surface area (Å²) in [7, 11) is 0. The normalized spacial score (nSPS) is 21.7. The van der Waals surface area contributed by atoms with Gasteiger partial charge in [0.1, 0.15) is 0 Å². The fourth-order valence-electron chi connectivity index (χ4n) is 2.02. The fourth-order valence-corrected chi connectivity index (χ4v) is 2.02. The number of anilines is 1. The van der Waals surface area contributed by atoms with Gasteiger partial charge in [-0.2, -0.15) is 0 Å². The quantitative estimate of drug-likeness (QED) is 0.726. The lowest BCUT2D eigenvalue weighted by Gasteiger charge is -2.34. The Kier molecular flexibility index (Phi) is 3.01. The first kappa shape index (κ1) is 10.2. The highest BCUT2D eigenvalue weighted by atomic mass is 16.3. The molecule has 0 bridgehead atoms. The SMILES string of the molecule is O=c1[nH]ccnc1N1CCCCC1CO. The number of aromatic amines is 1. The highest BCUT2D eigenvalue weighted by molar-refractivity contribution is 5.37. The van der Waals surface area contributed by atoms with Gasteiger partial charge in [0.15, 0.2) is 5.82 Å². The lowest BCUT2D eigenvalue weighted by atomic mass is 10.0. The number of nitrogens with one attached hydrogen (secondary N) is 1. The summed E-state index contributed by atoms with van der Waals surface area (Å²) in [5, 5.41) is 9.23. The molecule has 0 aromatic carbocycles. The van der Waals surface area contributed by atoms with E-state index in [2.05, 4.69) is 9.97 Å². The maximum absolute atomic E-state index is 11.5. The van der Waals surface area contributed by atoms with Crippen LogP contribution in [0.1, 0.15) is 19.3 Å². The Bertz CT molecular complexity index is 377. The van der Waals surface area contributed by atoms with Gasteiger partial charge < -0.3 is 15.0 Å². The zero-order valence-electron chi connectivity index (χ0n) is 8.52. The molecule has 1 unspecified atom stereocenters. The molecule has 0 amide bonds. The number of aliphatic hydroxyl groups is 1. The van der Waals surface area contributed by atoms with E-state index in [4.69, 9.17) is 0 Å². The van der Waals surface area contributed by atoms with Gasteiger partial charge in [0.25, 0.3) is 5.56 Å². The summed E-state index contributed by atoms with van der Waals surface area (Å²) in [5.41, 5.74) is -0.183. The number of H-pyrrole nitrogens is 1. The van der Waals surface area contributed by atoms with Gasteiger partial charge in [-0.3, -0.25) is 4.79 Å². The number of aliphatic hydroxyl groups excluding tert-OH is 1. The molecular formula is C10H15N3O2. The van der Waals surface area contributed by atoms with Gasteiger partial charge in [0, 0.05) is 18.9 Å². The fraction of sp³-hybridized carbons (Fsp3) is 0.600. The molecule has 5 heteroatoms. The summed E-state index contributed by atoms with van der Waals surface area (Å²) in [6, 6.07) is 0.0368. The van der Waals surface area contributed by atoms with Crippen molar-refractivity contribution in [2.24, 2.45) is 0 Å². The molecule has 1 aromatic rings. The van der Waals surface area contributed by atoms with Crippen LogP contribution in [-0.2, 0) is 0 Å². The van der Waals surface area contributed by atoms with Crippen LogP contribution in [0.25, 0.3) is 0 Å². The molecule has 1 fully saturated rings. The average Bonchev–Trinajstić information content (AvgIpc) is 2.30. The van der Waals surface area contributed by atoms with Gasteiger partial charge in [-0.05, 0) is 19.3 Å². The van der Waals surface area contributed by atoms with Crippen LogP contribution in [0.4, 0.5) is 5.82 Å². The molecule has 0 saturated carbocycles. The van der Waals surface area contributed by atoms with E-state index in [1.165, 1.54) is 6.20 Å². The highest BCUT2D eigenvalue weighted by Crippen LogP contribution is 2.19. The summed E-state index contributed by atoms with van der Waals surface area (Å²) >= 11 is 0. The Morgan fingerprint density at radius 3 is 3.20 bits per heavy atom. The molecule has 1 aliphatic heterocycles. The minimum Gasteiger partial charge on any atom is -0.394 e. The number of hydrogen-bond acceptors (Lipinski definition) is 4. The van der Waals surface area contributed by atoms with Crippen molar-refractivity contribution in [3.8, 4) is 0 Å².